The van der Waals surface area contributed by atoms with Crippen molar-refractivity contribution in [3.05, 3.63) is 69.7 Å². The van der Waals surface area contributed by atoms with Crippen molar-refractivity contribution in [2.24, 2.45) is 11.8 Å². The monoisotopic (exact) mass is 472 g/mol. The molecule has 3 amide bonds. The van der Waals surface area contributed by atoms with E-state index in [0.29, 0.717) is 23.4 Å². The van der Waals surface area contributed by atoms with Crippen LogP contribution in [-0.4, -0.2) is 39.6 Å². The highest BCUT2D eigenvalue weighted by Crippen LogP contribution is 2.39. The minimum atomic E-state index is -1.12. The van der Waals surface area contributed by atoms with Gasteiger partial charge in [-0.05, 0) is 56.2 Å². The summed E-state index contributed by atoms with van der Waals surface area (Å²) >= 11 is 12.2. The maximum absolute atomic E-state index is 13.6. The zero-order valence-electron chi connectivity index (χ0n) is 17.5. The van der Waals surface area contributed by atoms with Crippen LogP contribution in [0.4, 0.5) is 0 Å². The zero-order chi connectivity index (χ0) is 23.0. The van der Waals surface area contributed by atoms with Gasteiger partial charge in [0.2, 0.25) is 0 Å². The highest BCUT2D eigenvalue weighted by molar-refractivity contribution is 6.34. The molecular weight excluding hydrogens is 451 g/mol. The van der Waals surface area contributed by atoms with Crippen molar-refractivity contribution in [2.45, 2.75) is 38.6 Å². The van der Waals surface area contributed by atoms with Gasteiger partial charge in [0.05, 0.1) is 22.4 Å². The first-order chi connectivity index (χ1) is 15.3. The Morgan fingerprint density at radius 1 is 0.938 bits per heavy atom. The van der Waals surface area contributed by atoms with E-state index in [4.69, 9.17) is 23.2 Å². The second kappa shape index (κ2) is 9.04. The number of hydrazine groups is 1. The number of Topliss-reactive ketones (excluding diaryl/α,β-unsaturated/α-hetero) is 1. The number of nitrogens with zero attached hydrogens (tertiary/aromatic N) is 2. The first-order valence-electron chi connectivity index (χ1n) is 10.6. The Bertz CT molecular complexity index is 1060. The number of hydrogen-bond acceptors (Lipinski definition) is 4. The van der Waals surface area contributed by atoms with Crippen LogP contribution < -0.4 is 0 Å². The summed E-state index contributed by atoms with van der Waals surface area (Å²) in [5.41, 5.74) is 0.427. The second-order valence-electron chi connectivity index (χ2n) is 8.16. The third-order valence-electron chi connectivity index (χ3n) is 6.22. The largest absolute Gasteiger partial charge is 0.292 e. The van der Waals surface area contributed by atoms with Crippen molar-refractivity contribution in [1.29, 1.82) is 0 Å². The number of fused-ring (bicyclic) bond motifs is 1. The van der Waals surface area contributed by atoms with Crippen LogP contribution in [0.25, 0.3) is 0 Å². The smallest absolute Gasteiger partial charge is 0.275 e. The molecule has 1 aliphatic carbocycles. The quantitative estimate of drug-likeness (QED) is 0.462. The highest BCUT2D eigenvalue weighted by Gasteiger charge is 2.53. The Kier molecular flexibility index (Phi) is 6.35. The van der Waals surface area contributed by atoms with E-state index in [0.717, 1.165) is 22.9 Å². The molecule has 0 radical (unpaired) electrons. The molecule has 1 heterocycles. The molecule has 0 N–H and O–H groups in total. The summed E-state index contributed by atoms with van der Waals surface area (Å²) < 4.78 is 0. The van der Waals surface area contributed by atoms with Crippen molar-refractivity contribution in [2.75, 3.05) is 0 Å². The number of ketones is 1. The van der Waals surface area contributed by atoms with E-state index in [9.17, 15) is 19.2 Å². The van der Waals surface area contributed by atoms with E-state index in [1.165, 1.54) is 13.0 Å². The third kappa shape index (κ3) is 3.93. The van der Waals surface area contributed by atoms with Crippen LogP contribution in [0.1, 0.15) is 53.3 Å². The molecule has 1 saturated carbocycles. The fourth-order valence-electron chi connectivity index (χ4n) is 4.52. The van der Waals surface area contributed by atoms with Crippen molar-refractivity contribution in [1.82, 2.24) is 10.0 Å². The normalized spacial score (nSPS) is 21.3. The SMILES string of the molecule is C[C@H](C(=O)c1ccc(Cl)cc1)N(C(=O)c1ccccc1Cl)N1C(=O)[C@H]2CCCC[C@H]2C1=O. The van der Waals surface area contributed by atoms with Crippen LogP contribution in [0, 0.1) is 11.8 Å². The topological polar surface area (TPSA) is 74.8 Å². The fourth-order valence-corrected chi connectivity index (χ4v) is 4.86. The summed E-state index contributed by atoms with van der Waals surface area (Å²) in [5.74, 6) is -2.89. The van der Waals surface area contributed by atoms with Gasteiger partial charge in [0, 0.05) is 10.6 Å². The number of hydrogen-bond donors (Lipinski definition) is 0. The second-order valence-corrected chi connectivity index (χ2v) is 9.01. The van der Waals surface area contributed by atoms with E-state index < -0.39 is 41.4 Å². The fraction of sp³-hybridized carbons (Fsp3) is 0.333. The first-order valence-corrected chi connectivity index (χ1v) is 11.3. The van der Waals surface area contributed by atoms with Crippen molar-refractivity contribution in [3.63, 3.8) is 0 Å². The van der Waals surface area contributed by atoms with Crippen LogP contribution in [0.3, 0.4) is 0 Å². The van der Waals surface area contributed by atoms with Gasteiger partial charge in [-0.2, -0.15) is 5.01 Å². The summed E-state index contributed by atoms with van der Waals surface area (Å²) in [6.45, 7) is 1.51. The molecule has 8 heteroatoms. The van der Waals surface area contributed by atoms with Crippen LogP contribution in [0.2, 0.25) is 10.0 Å². The molecule has 3 atom stereocenters. The van der Waals surface area contributed by atoms with E-state index in [2.05, 4.69) is 0 Å². The molecule has 2 aliphatic rings. The summed E-state index contributed by atoms with van der Waals surface area (Å²) in [5, 5.41) is 2.52. The standard InChI is InChI=1S/C24H22Cl2N2O4/c1-14(21(29)15-10-12-16(25)13-11-15)27(24(32)19-8-4-5-9-20(19)26)28-22(30)17-6-2-3-7-18(17)23(28)31/h4-5,8-14,17-18H,2-3,6-7H2,1H3/t14-,17-,18+/m1/s1. The molecule has 2 aromatic rings. The first kappa shape index (κ1) is 22.5. The molecular formula is C24H22Cl2N2O4. The number of imide groups is 1. The Morgan fingerprint density at radius 3 is 2.06 bits per heavy atom. The number of carbonyl (C=O) groups excluding carboxylic acids is 4. The van der Waals surface area contributed by atoms with Gasteiger partial charge in [-0.1, -0.05) is 48.2 Å². The molecule has 166 valence electrons. The number of amides is 3. The van der Waals surface area contributed by atoms with Gasteiger partial charge in [0.15, 0.2) is 5.78 Å². The summed E-state index contributed by atoms with van der Waals surface area (Å²) in [6, 6.07) is 11.5. The summed E-state index contributed by atoms with van der Waals surface area (Å²) in [6.07, 6.45) is 2.90. The predicted molar refractivity (Wildman–Crippen MR) is 120 cm³/mol. The van der Waals surface area contributed by atoms with Gasteiger partial charge < -0.3 is 0 Å². The van der Waals surface area contributed by atoms with Crippen LogP contribution in [0.15, 0.2) is 48.5 Å². The minimum absolute atomic E-state index is 0.111. The Balaban J connectivity index is 1.76. The Labute approximate surface area is 196 Å². The number of carbonyl (C=O) groups is 4. The van der Waals surface area contributed by atoms with Gasteiger partial charge in [-0.15, -0.1) is 0 Å². The van der Waals surface area contributed by atoms with Gasteiger partial charge in [0.25, 0.3) is 17.7 Å². The van der Waals surface area contributed by atoms with E-state index >= 15 is 0 Å². The Hall–Kier alpha value is -2.70. The molecule has 0 unspecified atom stereocenters. The molecule has 1 saturated heterocycles. The molecule has 2 aromatic carbocycles. The van der Waals surface area contributed by atoms with Gasteiger partial charge in [-0.3, -0.25) is 19.2 Å². The third-order valence-corrected chi connectivity index (χ3v) is 6.80. The molecule has 0 bridgehead atoms. The predicted octanol–water partition coefficient (Wildman–Crippen LogP) is 4.80. The van der Waals surface area contributed by atoms with Crippen LogP contribution in [0.5, 0.6) is 0 Å². The minimum Gasteiger partial charge on any atom is -0.292 e. The molecule has 0 aromatic heterocycles. The van der Waals surface area contributed by atoms with Gasteiger partial charge >= 0.3 is 0 Å². The van der Waals surface area contributed by atoms with Crippen molar-refractivity contribution >= 4 is 46.7 Å². The summed E-state index contributed by atoms with van der Waals surface area (Å²) in [4.78, 5) is 53.4. The zero-order valence-corrected chi connectivity index (χ0v) is 19.0. The number of halogens is 2. The molecule has 0 spiro atoms. The average molecular weight is 473 g/mol. The van der Waals surface area contributed by atoms with Gasteiger partial charge in [-0.25, -0.2) is 5.01 Å². The van der Waals surface area contributed by atoms with Crippen LogP contribution >= 0.6 is 23.2 Å². The average Bonchev–Trinajstić information content (AvgIpc) is 3.05. The van der Waals surface area contributed by atoms with Gasteiger partial charge in [0.1, 0.15) is 6.04 Å². The molecule has 6 nitrogen and oxygen atoms in total. The lowest BCUT2D eigenvalue weighted by atomic mass is 9.81. The molecule has 1 aliphatic heterocycles. The van der Waals surface area contributed by atoms with E-state index in [1.54, 1.807) is 42.5 Å². The number of benzene rings is 2. The number of rotatable bonds is 5. The molecule has 2 fully saturated rings. The van der Waals surface area contributed by atoms with Crippen LogP contribution in [-0.2, 0) is 9.59 Å². The van der Waals surface area contributed by atoms with Crippen molar-refractivity contribution in [3.8, 4) is 0 Å². The maximum atomic E-state index is 13.6. The molecule has 32 heavy (non-hydrogen) atoms. The van der Waals surface area contributed by atoms with E-state index in [1.807, 2.05) is 0 Å². The van der Waals surface area contributed by atoms with Crippen molar-refractivity contribution < 1.29 is 19.2 Å². The maximum Gasteiger partial charge on any atom is 0.275 e. The lowest BCUT2D eigenvalue weighted by molar-refractivity contribution is -0.156. The lowest BCUT2D eigenvalue weighted by Gasteiger charge is -2.35. The molecule has 4 rings (SSSR count). The Morgan fingerprint density at radius 2 is 1.50 bits per heavy atom. The highest BCUT2D eigenvalue weighted by atomic mass is 35.5. The van der Waals surface area contributed by atoms with E-state index in [-0.39, 0.29) is 10.6 Å². The lowest BCUT2D eigenvalue weighted by Crippen LogP contribution is -2.56. The summed E-state index contributed by atoms with van der Waals surface area (Å²) in [7, 11) is 0.